The summed E-state index contributed by atoms with van der Waals surface area (Å²) in [6.07, 6.45) is 3.67. The molecule has 21 heavy (non-hydrogen) atoms. The maximum absolute atomic E-state index is 10.2. The molecule has 0 spiro atoms. The second-order valence-electron chi connectivity index (χ2n) is 5.07. The van der Waals surface area contributed by atoms with Crippen LogP contribution in [0.3, 0.4) is 0 Å². The largest absolute Gasteiger partial charge is 0.504 e. The fourth-order valence-corrected chi connectivity index (χ4v) is 3.62. The van der Waals surface area contributed by atoms with Gasteiger partial charge in [0.1, 0.15) is 4.32 Å². The Morgan fingerprint density at radius 2 is 2.05 bits per heavy atom. The second-order valence-corrected chi connectivity index (χ2v) is 6.68. The molecule has 4 nitrogen and oxygen atoms in total. The van der Waals surface area contributed by atoms with Crippen LogP contribution in [0.2, 0.25) is 0 Å². The van der Waals surface area contributed by atoms with Gasteiger partial charge in [0.25, 0.3) is 0 Å². The van der Waals surface area contributed by atoms with Crippen LogP contribution in [-0.2, 0) is 12.4 Å². The molecule has 0 bridgehead atoms. The van der Waals surface area contributed by atoms with E-state index < -0.39 is 0 Å². The predicted octanol–water partition coefficient (Wildman–Crippen LogP) is 2.90. The fourth-order valence-electron chi connectivity index (χ4n) is 2.39. The Labute approximate surface area is 135 Å². The second kappa shape index (κ2) is 7.87. The summed E-state index contributed by atoms with van der Waals surface area (Å²) >= 11 is 7.01. The summed E-state index contributed by atoms with van der Waals surface area (Å²) in [4.78, 5) is 2.23. The number of methoxy groups -OCH3 is 1. The molecule has 2 N–H and O–H groups in total. The van der Waals surface area contributed by atoms with Gasteiger partial charge in [-0.3, -0.25) is 0 Å². The number of hydrogen-bond donors (Lipinski definition) is 2. The highest BCUT2D eigenvalue weighted by Crippen LogP contribution is 2.34. The van der Waals surface area contributed by atoms with Crippen molar-refractivity contribution in [3.05, 3.63) is 23.3 Å². The minimum absolute atomic E-state index is 0.0785. The Kier molecular flexibility index (Phi) is 6.14. The molecule has 0 amide bonds. The molecule has 1 heterocycles. The highest BCUT2D eigenvalue weighted by atomic mass is 32.2. The summed E-state index contributed by atoms with van der Waals surface area (Å²) in [7, 11) is 1.51. The number of aromatic hydroxyl groups is 1. The summed E-state index contributed by atoms with van der Waals surface area (Å²) in [6, 6.07) is 3.44. The van der Waals surface area contributed by atoms with E-state index in [2.05, 4.69) is 4.90 Å². The van der Waals surface area contributed by atoms with E-state index >= 15 is 0 Å². The number of ether oxygens (including phenoxy) is 1. The Balaban J connectivity index is 2.03. The Morgan fingerprint density at radius 1 is 1.33 bits per heavy atom. The van der Waals surface area contributed by atoms with Gasteiger partial charge in [-0.2, -0.15) is 0 Å². The summed E-state index contributed by atoms with van der Waals surface area (Å²) in [5, 5.41) is 19.4. The number of aliphatic hydroxyl groups excluding tert-OH is 1. The first kappa shape index (κ1) is 16.4. The molecule has 0 radical (unpaired) electrons. The van der Waals surface area contributed by atoms with Gasteiger partial charge < -0.3 is 19.8 Å². The van der Waals surface area contributed by atoms with Crippen molar-refractivity contribution in [1.29, 1.82) is 0 Å². The van der Waals surface area contributed by atoms with Crippen LogP contribution in [0.1, 0.15) is 30.4 Å². The van der Waals surface area contributed by atoms with Crippen LogP contribution in [0.25, 0.3) is 0 Å². The Morgan fingerprint density at radius 3 is 2.67 bits per heavy atom. The molecule has 1 aromatic rings. The number of thioether (sulfide) groups is 1. The van der Waals surface area contributed by atoms with Crippen LogP contribution in [0.15, 0.2) is 12.1 Å². The van der Waals surface area contributed by atoms with E-state index in [-0.39, 0.29) is 12.4 Å². The Bertz CT molecular complexity index is 502. The van der Waals surface area contributed by atoms with Crippen LogP contribution in [0.4, 0.5) is 0 Å². The van der Waals surface area contributed by atoms with Gasteiger partial charge in [0.05, 0.1) is 13.7 Å². The van der Waals surface area contributed by atoms with E-state index in [1.165, 1.54) is 26.4 Å². The van der Waals surface area contributed by atoms with Gasteiger partial charge in [-0.25, -0.2) is 0 Å². The number of piperidine rings is 1. The van der Waals surface area contributed by atoms with Crippen molar-refractivity contribution in [3.63, 3.8) is 0 Å². The molecule has 6 heteroatoms. The summed E-state index contributed by atoms with van der Waals surface area (Å²) in [5.74, 6) is 1.09. The smallest absolute Gasteiger partial charge is 0.161 e. The number of nitrogens with zero attached hydrogens (tertiary/aromatic N) is 1. The van der Waals surface area contributed by atoms with Crippen molar-refractivity contribution in [2.45, 2.75) is 31.6 Å². The van der Waals surface area contributed by atoms with Crippen molar-refractivity contribution in [3.8, 4) is 11.5 Å². The lowest BCUT2D eigenvalue weighted by molar-refractivity contribution is 0.280. The zero-order chi connectivity index (χ0) is 15.2. The monoisotopic (exact) mass is 327 g/mol. The molecule has 0 saturated carbocycles. The van der Waals surface area contributed by atoms with E-state index in [1.807, 2.05) is 0 Å². The third kappa shape index (κ3) is 4.25. The average Bonchev–Trinajstić information content (AvgIpc) is 2.54. The van der Waals surface area contributed by atoms with Crippen molar-refractivity contribution >= 4 is 28.3 Å². The van der Waals surface area contributed by atoms with Gasteiger partial charge in [0, 0.05) is 24.4 Å². The number of phenols is 1. The number of likely N-dealkylation sites (tertiary alicyclic amines) is 1. The lowest BCUT2D eigenvalue weighted by Gasteiger charge is -2.28. The molecule has 1 aliphatic rings. The molecule has 0 unspecified atom stereocenters. The number of hydrogen-bond acceptors (Lipinski definition) is 5. The maximum atomic E-state index is 10.2. The standard InChI is InChI=1S/C15H21NO3S2/c1-19-13-8-11(9-17)7-12(14(13)18)10-21-15(20)16-5-3-2-4-6-16/h7-8,17-18H,2-6,9-10H2,1H3. The molecule has 0 aliphatic carbocycles. The van der Waals surface area contributed by atoms with E-state index in [4.69, 9.17) is 17.0 Å². The summed E-state index contributed by atoms with van der Waals surface area (Å²) in [6.45, 7) is 1.97. The lowest BCUT2D eigenvalue weighted by Crippen LogP contribution is -2.32. The first-order valence-corrected chi connectivity index (χ1v) is 8.46. The minimum atomic E-state index is -0.0785. The molecule has 1 saturated heterocycles. The van der Waals surface area contributed by atoms with Crippen LogP contribution < -0.4 is 4.74 Å². The molecule has 2 rings (SSSR count). The zero-order valence-electron chi connectivity index (χ0n) is 12.2. The third-order valence-electron chi connectivity index (χ3n) is 3.58. The van der Waals surface area contributed by atoms with Gasteiger partial charge >= 0.3 is 0 Å². The molecule has 1 aliphatic heterocycles. The van der Waals surface area contributed by atoms with E-state index in [9.17, 15) is 10.2 Å². The Hall–Kier alpha value is -0.980. The van der Waals surface area contributed by atoms with Crippen molar-refractivity contribution in [2.24, 2.45) is 0 Å². The van der Waals surface area contributed by atoms with Crippen molar-refractivity contribution < 1.29 is 14.9 Å². The van der Waals surface area contributed by atoms with Crippen molar-refractivity contribution in [2.75, 3.05) is 20.2 Å². The van der Waals surface area contributed by atoms with E-state index in [0.29, 0.717) is 11.5 Å². The van der Waals surface area contributed by atoms with Gasteiger partial charge in [-0.15, -0.1) is 0 Å². The number of benzene rings is 1. The van der Waals surface area contributed by atoms with Gasteiger partial charge in [0.15, 0.2) is 11.5 Å². The maximum Gasteiger partial charge on any atom is 0.161 e. The van der Waals surface area contributed by atoms with Crippen LogP contribution >= 0.6 is 24.0 Å². The van der Waals surface area contributed by atoms with E-state index in [1.54, 1.807) is 23.9 Å². The first-order valence-electron chi connectivity index (χ1n) is 7.07. The molecule has 1 fully saturated rings. The average molecular weight is 327 g/mol. The van der Waals surface area contributed by atoms with Gasteiger partial charge in [-0.1, -0.05) is 24.0 Å². The minimum Gasteiger partial charge on any atom is -0.504 e. The molecule has 0 atom stereocenters. The number of rotatable bonds is 4. The SMILES string of the molecule is COc1cc(CO)cc(CSC(=S)N2CCCCC2)c1O. The lowest BCUT2D eigenvalue weighted by atomic mass is 10.1. The third-order valence-corrected chi connectivity index (χ3v) is 5.15. The fraction of sp³-hybridized carbons (Fsp3) is 0.533. The summed E-state index contributed by atoms with van der Waals surface area (Å²) in [5.41, 5.74) is 1.46. The highest BCUT2D eigenvalue weighted by Gasteiger charge is 2.16. The number of aliphatic hydroxyl groups is 1. The van der Waals surface area contributed by atoms with Gasteiger partial charge in [0.2, 0.25) is 0 Å². The molecule has 1 aromatic carbocycles. The van der Waals surface area contributed by atoms with Crippen LogP contribution in [0.5, 0.6) is 11.5 Å². The normalized spacial score (nSPS) is 15.0. The van der Waals surface area contributed by atoms with E-state index in [0.717, 1.165) is 28.5 Å². The molecule has 0 aromatic heterocycles. The zero-order valence-corrected chi connectivity index (χ0v) is 13.8. The first-order chi connectivity index (χ1) is 10.2. The molecule has 116 valence electrons. The quantitative estimate of drug-likeness (QED) is 0.830. The number of phenolic OH excluding ortho intramolecular Hbond substituents is 1. The van der Waals surface area contributed by atoms with Crippen LogP contribution in [-0.4, -0.2) is 39.6 Å². The molecular weight excluding hydrogens is 306 g/mol. The summed E-state index contributed by atoms with van der Waals surface area (Å²) < 4.78 is 6.01. The highest BCUT2D eigenvalue weighted by molar-refractivity contribution is 8.22. The van der Waals surface area contributed by atoms with Gasteiger partial charge in [-0.05, 0) is 37.0 Å². The van der Waals surface area contributed by atoms with Crippen LogP contribution in [0, 0.1) is 0 Å². The topological polar surface area (TPSA) is 52.9 Å². The van der Waals surface area contributed by atoms with Crippen molar-refractivity contribution in [1.82, 2.24) is 4.90 Å². The number of thiocarbonyl (C=S) groups is 1. The predicted molar refractivity (Wildman–Crippen MR) is 89.9 cm³/mol. The molecular formula is C15H21NO3S2.